The highest BCUT2D eigenvalue weighted by atomic mass is 16.4. The van der Waals surface area contributed by atoms with Crippen molar-refractivity contribution >= 4 is 11.9 Å². The van der Waals surface area contributed by atoms with Crippen LogP contribution in [0.5, 0.6) is 0 Å². The van der Waals surface area contributed by atoms with Crippen molar-refractivity contribution in [3.8, 4) is 11.5 Å². The van der Waals surface area contributed by atoms with Gasteiger partial charge >= 0.3 is 6.01 Å². The van der Waals surface area contributed by atoms with Gasteiger partial charge in [0.1, 0.15) is 6.04 Å². The van der Waals surface area contributed by atoms with E-state index in [9.17, 15) is 4.79 Å². The highest BCUT2D eigenvalue weighted by Gasteiger charge is 2.52. The maximum absolute atomic E-state index is 12.8. The molecule has 25 heavy (non-hydrogen) atoms. The van der Waals surface area contributed by atoms with Gasteiger partial charge in [-0.3, -0.25) is 4.79 Å². The summed E-state index contributed by atoms with van der Waals surface area (Å²) in [6, 6.07) is 8.10. The zero-order valence-corrected chi connectivity index (χ0v) is 15.0. The molecule has 2 heterocycles. The van der Waals surface area contributed by atoms with E-state index >= 15 is 0 Å². The molecule has 1 amide bonds. The SMILES string of the molecule is Cc1ccc(-c2nnc(N[C@H](C)C(=O)N3CC4(CC4)C[C@@H]3C)o2)cc1. The van der Waals surface area contributed by atoms with E-state index in [1.165, 1.54) is 18.4 Å². The minimum absolute atomic E-state index is 0.103. The Kier molecular flexibility index (Phi) is 3.78. The minimum atomic E-state index is -0.386. The molecule has 2 fully saturated rings. The summed E-state index contributed by atoms with van der Waals surface area (Å²) in [5, 5.41) is 11.2. The van der Waals surface area contributed by atoms with E-state index in [0.29, 0.717) is 17.3 Å². The molecule has 1 aromatic heterocycles. The van der Waals surface area contributed by atoms with E-state index in [1.807, 2.05) is 43.0 Å². The number of nitrogens with zero attached hydrogens (tertiary/aromatic N) is 3. The Morgan fingerprint density at radius 1 is 1.32 bits per heavy atom. The third kappa shape index (κ3) is 3.13. The van der Waals surface area contributed by atoms with Crippen molar-refractivity contribution in [2.75, 3.05) is 11.9 Å². The topological polar surface area (TPSA) is 71.3 Å². The lowest BCUT2D eigenvalue weighted by molar-refractivity contribution is -0.132. The van der Waals surface area contributed by atoms with Gasteiger partial charge in [0.25, 0.3) is 0 Å². The third-order valence-electron chi connectivity index (χ3n) is 5.44. The number of benzene rings is 1. The third-order valence-corrected chi connectivity index (χ3v) is 5.44. The molecular formula is C19H24N4O2. The molecule has 0 radical (unpaired) electrons. The Morgan fingerprint density at radius 2 is 2.04 bits per heavy atom. The summed E-state index contributed by atoms with van der Waals surface area (Å²) >= 11 is 0. The van der Waals surface area contributed by atoms with E-state index in [-0.39, 0.29) is 18.0 Å². The summed E-state index contributed by atoms with van der Waals surface area (Å²) in [5.74, 6) is 0.556. The number of aryl methyl sites for hydroxylation is 1. The first-order valence-corrected chi connectivity index (χ1v) is 8.93. The smallest absolute Gasteiger partial charge is 0.316 e. The highest BCUT2D eigenvalue weighted by molar-refractivity contribution is 5.84. The molecule has 4 rings (SSSR count). The van der Waals surface area contributed by atoms with Gasteiger partial charge in [0.15, 0.2) is 0 Å². The number of nitrogens with one attached hydrogen (secondary N) is 1. The van der Waals surface area contributed by atoms with Gasteiger partial charge in [-0.2, -0.15) is 0 Å². The summed E-state index contributed by atoms with van der Waals surface area (Å²) in [6.45, 7) is 6.91. The normalized spacial score (nSPS) is 22.2. The van der Waals surface area contributed by atoms with Crippen molar-refractivity contribution in [1.29, 1.82) is 0 Å². The first kappa shape index (κ1) is 16.1. The molecule has 0 unspecified atom stereocenters. The predicted octanol–water partition coefficient (Wildman–Crippen LogP) is 3.25. The number of anilines is 1. The molecule has 132 valence electrons. The number of carbonyl (C=O) groups excluding carboxylic acids is 1. The standard InChI is InChI=1S/C19H24N4O2/c1-12-4-6-15(7-5-12)16-21-22-18(25-16)20-14(3)17(24)23-11-19(8-9-19)10-13(23)2/h4-7,13-14H,8-11H2,1-3H3,(H,20,22)/t13-,14+/m0/s1. The van der Waals surface area contributed by atoms with Gasteiger partial charge in [-0.05, 0) is 57.6 Å². The zero-order valence-electron chi connectivity index (χ0n) is 15.0. The molecule has 2 aliphatic rings. The number of likely N-dealkylation sites (tertiary alicyclic amines) is 1. The lowest BCUT2D eigenvalue weighted by Crippen LogP contribution is -2.43. The number of rotatable bonds is 4. The van der Waals surface area contributed by atoms with Gasteiger partial charge in [-0.15, -0.1) is 5.10 Å². The first-order valence-electron chi connectivity index (χ1n) is 8.93. The van der Waals surface area contributed by atoms with E-state index in [0.717, 1.165) is 18.5 Å². The molecule has 2 aromatic rings. The molecule has 1 N–H and O–H groups in total. The molecule has 1 aliphatic carbocycles. The molecule has 6 heteroatoms. The fourth-order valence-electron chi connectivity index (χ4n) is 3.74. The Bertz CT molecular complexity index is 779. The van der Waals surface area contributed by atoms with Crippen LogP contribution in [0.4, 0.5) is 6.01 Å². The van der Waals surface area contributed by atoms with Crippen molar-refractivity contribution in [3.05, 3.63) is 29.8 Å². The quantitative estimate of drug-likeness (QED) is 0.925. The van der Waals surface area contributed by atoms with Gasteiger partial charge in [-0.25, -0.2) is 0 Å². The fraction of sp³-hybridized carbons (Fsp3) is 0.526. The second kappa shape index (κ2) is 5.86. The van der Waals surface area contributed by atoms with Gasteiger partial charge in [-0.1, -0.05) is 22.8 Å². The predicted molar refractivity (Wildman–Crippen MR) is 95.0 cm³/mol. The molecule has 1 aliphatic heterocycles. The second-order valence-electron chi connectivity index (χ2n) is 7.66. The molecule has 1 spiro atoms. The number of amides is 1. The first-order chi connectivity index (χ1) is 12.0. The fourth-order valence-corrected chi connectivity index (χ4v) is 3.74. The molecule has 1 saturated carbocycles. The van der Waals surface area contributed by atoms with Crippen LogP contribution in [0.1, 0.15) is 38.7 Å². The highest BCUT2D eigenvalue weighted by Crippen LogP contribution is 2.54. The molecule has 0 bridgehead atoms. The van der Waals surface area contributed by atoms with Crippen molar-refractivity contribution in [3.63, 3.8) is 0 Å². The molecule has 1 aromatic carbocycles. The average molecular weight is 340 g/mol. The van der Waals surface area contributed by atoms with Gasteiger partial charge in [0, 0.05) is 18.2 Å². The summed E-state index contributed by atoms with van der Waals surface area (Å²) < 4.78 is 5.67. The van der Waals surface area contributed by atoms with Gasteiger partial charge in [0.05, 0.1) is 0 Å². The Morgan fingerprint density at radius 3 is 2.68 bits per heavy atom. The number of hydrogen-bond acceptors (Lipinski definition) is 5. The van der Waals surface area contributed by atoms with Crippen LogP contribution in [0.3, 0.4) is 0 Å². The Hall–Kier alpha value is -2.37. The lowest BCUT2D eigenvalue weighted by atomic mass is 10.0. The number of aromatic nitrogens is 2. The summed E-state index contributed by atoms with van der Waals surface area (Å²) in [4.78, 5) is 14.8. The van der Waals surface area contributed by atoms with E-state index < -0.39 is 0 Å². The van der Waals surface area contributed by atoms with Crippen molar-refractivity contribution in [1.82, 2.24) is 15.1 Å². The summed E-state index contributed by atoms with van der Waals surface area (Å²) in [7, 11) is 0. The average Bonchev–Trinajstić information content (AvgIpc) is 3.03. The zero-order chi connectivity index (χ0) is 17.6. The molecular weight excluding hydrogens is 316 g/mol. The van der Waals surface area contributed by atoms with Crippen LogP contribution in [0.15, 0.2) is 28.7 Å². The van der Waals surface area contributed by atoms with Crippen LogP contribution >= 0.6 is 0 Å². The van der Waals surface area contributed by atoms with Crippen LogP contribution < -0.4 is 5.32 Å². The second-order valence-corrected chi connectivity index (χ2v) is 7.66. The molecule has 1 saturated heterocycles. The van der Waals surface area contributed by atoms with E-state index in [4.69, 9.17) is 4.42 Å². The summed E-state index contributed by atoms with van der Waals surface area (Å²) in [6.07, 6.45) is 3.64. The largest absolute Gasteiger partial charge is 0.403 e. The number of hydrogen-bond donors (Lipinski definition) is 1. The van der Waals surface area contributed by atoms with E-state index in [2.05, 4.69) is 22.4 Å². The Labute approximate surface area is 147 Å². The van der Waals surface area contributed by atoms with Gasteiger partial charge < -0.3 is 14.6 Å². The van der Waals surface area contributed by atoms with Gasteiger partial charge in [0.2, 0.25) is 11.8 Å². The van der Waals surface area contributed by atoms with Crippen molar-refractivity contribution in [2.24, 2.45) is 5.41 Å². The van der Waals surface area contributed by atoms with Crippen molar-refractivity contribution < 1.29 is 9.21 Å². The molecule has 6 nitrogen and oxygen atoms in total. The lowest BCUT2D eigenvalue weighted by Gasteiger charge is -2.25. The monoisotopic (exact) mass is 340 g/mol. The Balaban J connectivity index is 1.42. The van der Waals surface area contributed by atoms with Crippen LogP contribution in [-0.4, -0.2) is 39.6 Å². The van der Waals surface area contributed by atoms with Crippen LogP contribution in [-0.2, 0) is 4.79 Å². The van der Waals surface area contributed by atoms with Crippen LogP contribution in [0, 0.1) is 12.3 Å². The summed E-state index contributed by atoms with van der Waals surface area (Å²) in [5.41, 5.74) is 2.46. The number of carbonyl (C=O) groups is 1. The van der Waals surface area contributed by atoms with E-state index in [1.54, 1.807) is 0 Å². The van der Waals surface area contributed by atoms with Crippen LogP contribution in [0.2, 0.25) is 0 Å². The maximum atomic E-state index is 12.8. The molecule has 2 atom stereocenters. The van der Waals surface area contributed by atoms with Crippen LogP contribution in [0.25, 0.3) is 11.5 Å². The maximum Gasteiger partial charge on any atom is 0.316 e. The van der Waals surface area contributed by atoms with Crippen molar-refractivity contribution in [2.45, 2.75) is 52.1 Å². The minimum Gasteiger partial charge on any atom is -0.403 e.